The molecule has 2 rings (SSSR count). The molecule has 1 fully saturated rings. The third-order valence-corrected chi connectivity index (χ3v) is 3.81. The largest absolute Gasteiger partial charge is 0.385 e. The van der Waals surface area contributed by atoms with E-state index in [4.69, 9.17) is 9.26 Å². The van der Waals surface area contributed by atoms with Crippen molar-refractivity contribution < 1.29 is 14.1 Å². The molecule has 0 radical (unpaired) electrons. The Morgan fingerprint density at radius 1 is 1.58 bits per heavy atom. The van der Waals surface area contributed by atoms with Gasteiger partial charge >= 0.3 is 0 Å². The van der Waals surface area contributed by atoms with Crippen LogP contribution < -0.4 is 0 Å². The number of amides is 1. The maximum atomic E-state index is 11.6. The van der Waals surface area contributed by atoms with Gasteiger partial charge in [-0.1, -0.05) is 5.16 Å². The van der Waals surface area contributed by atoms with E-state index in [9.17, 15) is 4.79 Å². The van der Waals surface area contributed by atoms with Crippen molar-refractivity contribution in [3.63, 3.8) is 0 Å². The van der Waals surface area contributed by atoms with E-state index < -0.39 is 0 Å². The fourth-order valence-electron chi connectivity index (χ4n) is 2.71. The van der Waals surface area contributed by atoms with Gasteiger partial charge in [0, 0.05) is 40.7 Å². The summed E-state index contributed by atoms with van der Waals surface area (Å²) in [5.41, 5.74) is -0.238. The molecule has 0 saturated carbocycles. The number of aromatic nitrogens is 2. The fraction of sp³-hybridized carbons (Fsp3) is 0.769. The molecule has 0 aliphatic carbocycles. The summed E-state index contributed by atoms with van der Waals surface area (Å²) in [6, 6.07) is 0. The second-order valence-corrected chi connectivity index (χ2v) is 5.20. The van der Waals surface area contributed by atoms with Gasteiger partial charge < -0.3 is 14.2 Å². The number of aryl methyl sites for hydroxylation is 1. The number of carbonyl (C=O) groups is 1. The SMILES string of the molecule is COCCC1(c2noc(C)n2)CCCN(C(C)=O)C1. The van der Waals surface area contributed by atoms with E-state index in [0.29, 0.717) is 24.9 Å². The molecule has 106 valence electrons. The Morgan fingerprint density at radius 3 is 2.95 bits per heavy atom. The van der Waals surface area contributed by atoms with Crippen LogP contribution in [-0.4, -0.2) is 47.8 Å². The van der Waals surface area contributed by atoms with Crippen LogP contribution in [0, 0.1) is 6.92 Å². The highest BCUT2D eigenvalue weighted by atomic mass is 16.5. The molecular formula is C13H21N3O3. The first kappa shape index (κ1) is 14.0. The Bertz CT molecular complexity index is 446. The van der Waals surface area contributed by atoms with Gasteiger partial charge in [-0.25, -0.2) is 0 Å². The van der Waals surface area contributed by atoms with Crippen LogP contribution in [0.3, 0.4) is 0 Å². The van der Waals surface area contributed by atoms with Gasteiger partial charge in [-0.05, 0) is 19.3 Å². The number of piperidine rings is 1. The summed E-state index contributed by atoms with van der Waals surface area (Å²) >= 11 is 0. The van der Waals surface area contributed by atoms with Crippen LogP contribution in [0.2, 0.25) is 0 Å². The zero-order valence-electron chi connectivity index (χ0n) is 11.8. The maximum Gasteiger partial charge on any atom is 0.223 e. The Kier molecular flexibility index (Phi) is 4.19. The van der Waals surface area contributed by atoms with Crippen LogP contribution in [0.15, 0.2) is 4.52 Å². The number of ether oxygens (including phenoxy) is 1. The molecule has 1 aromatic rings. The minimum absolute atomic E-state index is 0.0988. The second-order valence-electron chi connectivity index (χ2n) is 5.20. The molecule has 1 amide bonds. The van der Waals surface area contributed by atoms with E-state index in [2.05, 4.69) is 10.1 Å². The van der Waals surface area contributed by atoms with Crippen LogP contribution in [0.5, 0.6) is 0 Å². The van der Waals surface area contributed by atoms with Gasteiger partial charge in [0.25, 0.3) is 0 Å². The number of carbonyl (C=O) groups excluding carboxylic acids is 1. The Labute approximate surface area is 113 Å². The van der Waals surface area contributed by atoms with Gasteiger partial charge in [0.2, 0.25) is 11.8 Å². The Hall–Kier alpha value is -1.43. The minimum Gasteiger partial charge on any atom is -0.385 e. The maximum absolute atomic E-state index is 11.6. The second kappa shape index (κ2) is 5.69. The molecular weight excluding hydrogens is 246 g/mol. The highest BCUT2D eigenvalue weighted by Gasteiger charge is 2.41. The zero-order chi connectivity index (χ0) is 13.9. The van der Waals surface area contributed by atoms with Gasteiger partial charge in [-0.15, -0.1) is 0 Å². The molecule has 1 aliphatic rings. The van der Waals surface area contributed by atoms with E-state index >= 15 is 0 Å². The van der Waals surface area contributed by atoms with E-state index in [1.165, 1.54) is 0 Å². The monoisotopic (exact) mass is 267 g/mol. The number of likely N-dealkylation sites (tertiary alicyclic amines) is 1. The molecule has 1 aromatic heterocycles. The summed E-state index contributed by atoms with van der Waals surface area (Å²) in [7, 11) is 1.68. The molecule has 0 bridgehead atoms. The average molecular weight is 267 g/mol. The molecule has 6 nitrogen and oxygen atoms in total. The predicted octanol–water partition coefficient (Wildman–Crippen LogP) is 1.29. The quantitative estimate of drug-likeness (QED) is 0.822. The van der Waals surface area contributed by atoms with Gasteiger partial charge in [0.15, 0.2) is 5.82 Å². The lowest BCUT2D eigenvalue weighted by Gasteiger charge is -2.40. The van der Waals surface area contributed by atoms with Crippen LogP contribution in [0.4, 0.5) is 0 Å². The highest BCUT2D eigenvalue weighted by Crippen LogP contribution is 2.35. The van der Waals surface area contributed by atoms with Gasteiger partial charge in [0.1, 0.15) is 0 Å². The number of hydrogen-bond acceptors (Lipinski definition) is 5. The van der Waals surface area contributed by atoms with Crippen LogP contribution in [0.1, 0.15) is 37.9 Å². The molecule has 1 atom stereocenters. The summed E-state index contributed by atoms with van der Waals surface area (Å²) in [5, 5.41) is 4.08. The smallest absolute Gasteiger partial charge is 0.223 e. The summed E-state index contributed by atoms with van der Waals surface area (Å²) in [6.45, 7) is 5.46. The first-order valence-electron chi connectivity index (χ1n) is 6.63. The number of rotatable bonds is 4. The van der Waals surface area contributed by atoms with E-state index in [1.807, 2.05) is 4.90 Å². The first-order chi connectivity index (χ1) is 9.07. The molecule has 1 unspecified atom stereocenters. The van der Waals surface area contributed by atoms with Crippen molar-refractivity contribution in [2.24, 2.45) is 0 Å². The van der Waals surface area contributed by atoms with Gasteiger partial charge in [-0.3, -0.25) is 4.79 Å². The van der Waals surface area contributed by atoms with E-state index in [-0.39, 0.29) is 11.3 Å². The topological polar surface area (TPSA) is 68.5 Å². The van der Waals surface area contributed by atoms with Crippen molar-refractivity contribution in [1.82, 2.24) is 15.0 Å². The Morgan fingerprint density at radius 2 is 2.37 bits per heavy atom. The predicted molar refractivity (Wildman–Crippen MR) is 68.7 cm³/mol. The van der Waals surface area contributed by atoms with Crippen molar-refractivity contribution in [1.29, 1.82) is 0 Å². The van der Waals surface area contributed by atoms with Crippen molar-refractivity contribution >= 4 is 5.91 Å². The van der Waals surface area contributed by atoms with E-state index in [1.54, 1.807) is 21.0 Å². The third-order valence-electron chi connectivity index (χ3n) is 3.81. The molecule has 0 aromatic carbocycles. The summed E-state index contributed by atoms with van der Waals surface area (Å²) < 4.78 is 10.3. The Balaban J connectivity index is 2.26. The van der Waals surface area contributed by atoms with Crippen molar-refractivity contribution in [3.05, 3.63) is 11.7 Å². The molecule has 6 heteroatoms. The van der Waals surface area contributed by atoms with Crippen LogP contribution >= 0.6 is 0 Å². The molecule has 2 heterocycles. The fourth-order valence-corrected chi connectivity index (χ4v) is 2.71. The summed E-state index contributed by atoms with van der Waals surface area (Å²) in [5.74, 6) is 1.36. The lowest BCUT2D eigenvalue weighted by Crippen LogP contribution is -2.49. The minimum atomic E-state index is -0.238. The summed E-state index contributed by atoms with van der Waals surface area (Å²) in [4.78, 5) is 17.9. The first-order valence-corrected chi connectivity index (χ1v) is 6.63. The highest BCUT2D eigenvalue weighted by molar-refractivity contribution is 5.73. The number of methoxy groups -OCH3 is 1. The number of nitrogens with zero attached hydrogens (tertiary/aromatic N) is 3. The summed E-state index contributed by atoms with van der Waals surface area (Å²) in [6.07, 6.45) is 2.71. The van der Waals surface area contributed by atoms with Crippen LogP contribution in [0.25, 0.3) is 0 Å². The van der Waals surface area contributed by atoms with Gasteiger partial charge in [-0.2, -0.15) is 4.98 Å². The molecule has 19 heavy (non-hydrogen) atoms. The van der Waals surface area contributed by atoms with Crippen LogP contribution in [-0.2, 0) is 14.9 Å². The molecule has 1 aliphatic heterocycles. The van der Waals surface area contributed by atoms with E-state index in [0.717, 1.165) is 25.8 Å². The zero-order valence-corrected chi connectivity index (χ0v) is 11.8. The standard InChI is InChI=1S/C13H21N3O3/c1-10-14-12(15-19-10)13(6-8-18-3)5-4-7-16(9-13)11(2)17/h4-9H2,1-3H3. The average Bonchev–Trinajstić information content (AvgIpc) is 2.84. The molecule has 1 saturated heterocycles. The lowest BCUT2D eigenvalue weighted by molar-refractivity contribution is -0.131. The number of hydrogen-bond donors (Lipinski definition) is 0. The molecule has 0 spiro atoms. The van der Waals surface area contributed by atoms with Gasteiger partial charge in [0.05, 0.1) is 5.41 Å². The van der Waals surface area contributed by atoms with Crippen molar-refractivity contribution in [2.75, 3.05) is 26.8 Å². The third kappa shape index (κ3) is 2.94. The molecule has 0 N–H and O–H groups in total. The van der Waals surface area contributed by atoms with Crippen molar-refractivity contribution in [2.45, 2.75) is 38.5 Å². The lowest BCUT2D eigenvalue weighted by atomic mass is 9.76. The van der Waals surface area contributed by atoms with Crippen molar-refractivity contribution in [3.8, 4) is 0 Å². The normalized spacial score (nSPS) is 23.6.